The molecule has 1 saturated heterocycles. The van der Waals surface area contributed by atoms with E-state index in [1.165, 1.54) is 0 Å². The van der Waals surface area contributed by atoms with E-state index in [1.807, 2.05) is 0 Å². The first-order valence-electron chi connectivity index (χ1n) is 5.91. The van der Waals surface area contributed by atoms with Crippen molar-refractivity contribution < 1.29 is 50.2 Å². The number of hydrogen-bond donors (Lipinski definition) is 0. The maximum atomic E-state index is 11.2. The van der Waals surface area contributed by atoms with Crippen LogP contribution >= 0.6 is 0 Å². The molecule has 1 fully saturated rings. The Morgan fingerprint density at radius 1 is 1.65 bits per heavy atom. The number of carbonyl (C=O) groups is 1. The quantitative estimate of drug-likeness (QED) is 0.219. The number of hydrogen-bond acceptors (Lipinski definition) is 7. The fourth-order valence-electron chi connectivity index (χ4n) is 1.34. The minimum Gasteiger partial charge on any atom is -0.657 e. The number of morpholine rings is 1. The van der Waals surface area contributed by atoms with Gasteiger partial charge < -0.3 is 19.6 Å². The van der Waals surface area contributed by atoms with Crippen molar-refractivity contribution >= 4 is 11.7 Å². The van der Waals surface area contributed by atoms with E-state index in [0.717, 1.165) is 0 Å². The Hall–Kier alpha value is -0.638. The zero-order valence-corrected chi connectivity index (χ0v) is 15.7. The zero-order valence-electron chi connectivity index (χ0n) is 11.5. The molecule has 0 radical (unpaired) electrons. The van der Waals surface area contributed by atoms with Crippen LogP contribution < -0.4 is 0 Å². The van der Waals surface area contributed by atoms with E-state index in [2.05, 4.69) is 15.2 Å². The average molecular weight is 507 g/mol. The van der Waals surface area contributed by atoms with Gasteiger partial charge in [-0.3, -0.25) is 0 Å². The Morgan fingerprint density at radius 3 is 2.95 bits per heavy atom. The standard InChI is InChI=1S/C11H17N4O4.U/c1-3-17-11(16)9(6-12)14-19-8-15(2)10-7-13-4-5-18-10;/h10H,3-5,7-8H2,1-2H3;/q-1;/b14-9+;. The Balaban J connectivity index is 0.00000361. The van der Waals surface area contributed by atoms with Crippen molar-refractivity contribution in [3.05, 3.63) is 5.32 Å². The zero-order chi connectivity index (χ0) is 14.1. The molecule has 0 aromatic carbocycles. The van der Waals surface area contributed by atoms with Gasteiger partial charge in [-0.05, 0) is 14.0 Å². The molecule has 0 amide bonds. The van der Waals surface area contributed by atoms with Gasteiger partial charge in [0.25, 0.3) is 5.71 Å². The Morgan fingerprint density at radius 2 is 2.40 bits per heavy atom. The van der Waals surface area contributed by atoms with Gasteiger partial charge in [0, 0.05) is 37.7 Å². The molecule has 110 valence electrons. The number of esters is 1. The maximum Gasteiger partial charge on any atom is 0.371 e. The molecule has 0 N–H and O–H groups in total. The smallest absolute Gasteiger partial charge is 0.371 e. The summed E-state index contributed by atoms with van der Waals surface area (Å²) in [5, 5.41) is 16.4. The predicted molar refractivity (Wildman–Crippen MR) is 66.2 cm³/mol. The second-order valence-corrected chi connectivity index (χ2v) is 3.74. The third-order valence-electron chi connectivity index (χ3n) is 2.33. The van der Waals surface area contributed by atoms with E-state index in [9.17, 15) is 4.79 Å². The first kappa shape index (κ1) is 19.4. The molecule has 20 heavy (non-hydrogen) atoms. The molecule has 0 spiro atoms. The number of likely N-dealkylation sites (N-methyl/N-ethyl adjacent to an activating group) is 1. The SMILES string of the molecule is CCOC(=O)/C(C#N)=N/OCN(C)C1C[N-]CCO1.[U]. The first-order chi connectivity index (χ1) is 9.19. The summed E-state index contributed by atoms with van der Waals surface area (Å²) in [7, 11) is 1.78. The topological polar surface area (TPSA) is 98.3 Å². The summed E-state index contributed by atoms with van der Waals surface area (Å²) in [5.74, 6) is -0.795. The van der Waals surface area contributed by atoms with Crippen molar-refractivity contribution in [3.8, 4) is 6.07 Å². The molecular formula is C11H17N4O4U-. The van der Waals surface area contributed by atoms with Gasteiger partial charge in [-0.15, -0.1) is 13.1 Å². The molecule has 1 unspecified atom stereocenters. The Labute approximate surface area is 141 Å². The van der Waals surface area contributed by atoms with Crippen LogP contribution in [0.1, 0.15) is 6.92 Å². The molecule has 1 rings (SSSR count). The van der Waals surface area contributed by atoms with E-state index in [0.29, 0.717) is 19.7 Å². The van der Waals surface area contributed by atoms with Gasteiger partial charge in [-0.2, -0.15) is 5.26 Å². The van der Waals surface area contributed by atoms with E-state index < -0.39 is 11.7 Å². The van der Waals surface area contributed by atoms with Crippen molar-refractivity contribution in [2.75, 3.05) is 40.1 Å². The monoisotopic (exact) mass is 507 g/mol. The molecule has 0 aromatic rings. The van der Waals surface area contributed by atoms with Crippen molar-refractivity contribution in [2.24, 2.45) is 5.16 Å². The number of carbonyl (C=O) groups excluding carboxylic acids is 1. The van der Waals surface area contributed by atoms with E-state index in [4.69, 9.17) is 14.8 Å². The summed E-state index contributed by atoms with van der Waals surface area (Å²) < 4.78 is 10.1. The van der Waals surface area contributed by atoms with Gasteiger partial charge in [0.2, 0.25) is 0 Å². The van der Waals surface area contributed by atoms with Crippen LogP contribution in [0.4, 0.5) is 0 Å². The van der Waals surface area contributed by atoms with Gasteiger partial charge in [0.1, 0.15) is 6.07 Å². The van der Waals surface area contributed by atoms with Crippen LogP contribution in [0.25, 0.3) is 5.32 Å². The molecule has 0 saturated carbocycles. The third-order valence-corrected chi connectivity index (χ3v) is 2.33. The summed E-state index contributed by atoms with van der Waals surface area (Å²) in [4.78, 5) is 17.9. The van der Waals surface area contributed by atoms with Gasteiger partial charge in [0.15, 0.2) is 6.73 Å². The van der Waals surface area contributed by atoms with Gasteiger partial charge in [-0.25, -0.2) is 9.69 Å². The number of nitriles is 1. The summed E-state index contributed by atoms with van der Waals surface area (Å²) in [6.07, 6.45) is -0.169. The molecule has 1 aliphatic heterocycles. The van der Waals surface area contributed by atoms with Crippen LogP contribution in [0.5, 0.6) is 0 Å². The van der Waals surface area contributed by atoms with E-state index in [-0.39, 0.29) is 50.7 Å². The summed E-state index contributed by atoms with van der Waals surface area (Å²) >= 11 is 0. The van der Waals surface area contributed by atoms with Gasteiger partial charge in [0.05, 0.1) is 12.8 Å². The van der Waals surface area contributed by atoms with E-state index >= 15 is 0 Å². The van der Waals surface area contributed by atoms with Gasteiger partial charge in [-0.1, -0.05) is 5.16 Å². The third kappa shape index (κ3) is 6.69. The maximum absolute atomic E-state index is 11.2. The first-order valence-corrected chi connectivity index (χ1v) is 5.91. The molecule has 0 bridgehead atoms. The van der Waals surface area contributed by atoms with E-state index in [1.54, 1.807) is 24.9 Å². The fourth-order valence-corrected chi connectivity index (χ4v) is 1.34. The average Bonchev–Trinajstić information content (AvgIpc) is 2.44. The molecule has 1 aliphatic rings. The summed E-state index contributed by atoms with van der Waals surface area (Å²) in [6, 6.07) is 1.62. The largest absolute Gasteiger partial charge is 0.657 e. The Kier molecular flexibility index (Phi) is 10.7. The molecule has 1 atom stereocenters. The molecule has 8 nitrogen and oxygen atoms in total. The minimum atomic E-state index is -0.795. The number of rotatable bonds is 6. The van der Waals surface area contributed by atoms with Crippen molar-refractivity contribution in [1.82, 2.24) is 4.90 Å². The minimum absolute atomic E-state index is 0. The second-order valence-electron chi connectivity index (χ2n) is 3.74. The van der Waals surface area contributed by atoms with Crippen LogP contribution in [0, 0.1) is 42.4 Å². The molecule has 0 aromatic heterocycles. The normalized spacial score (nSPS) is 18.9. The van der Waals surface area contributed by atoms with Crippen LogP contribution in [-0.4, -0.2) is 62.9 Å². The summed E-state index contributed by atoms with van der Waals surface area (Å²) in [5.41, 5.74) is -0.412. The fraction of sp³-hybridized carbons (Fsp3) is 0.727. The summed E-state index contributed by atoms with van der Waals surface area (Å²) in [6.45, 7) is 3.75. The molecule has 1 heterocycles. The van der Waals surface area contributed by atoms with Crippen LogP contribution in [0.3, 0.4) is 0 Å². The Bertz CT molecular complexity index is 366. The number of nitrogens with zero attached hydrogens (tertiary/aromatic N) is 4. The number of ether oxygens (including phenoxy) is 2. The van der Waals surface area contributed by atoms with Crippen LogP contribution in [-0.2, 0) is 19.1 Å². The van der Waals surface area contributed by atoms with Crippen molar-refractivity contribution in [1.29, 1.82) is 5.26 Å². The predicted octanol–water partition coefficient (Wildman–Crippen LogP) is 0.0650. The number of oxime groups is 1. The van der Waals surface area contributed by atoms with Crippen LogP contribution in [0.2, 0.25) is 0 Å². The second kappa shape index (κ2) is 11.1. The molecule has 9 heteroatoms. The molecule has 0 aliphatic carbocycles. The van der Waals surface area contributed by atoms with Gasteiger partial charge >= 0.3 is 5.97 Å². The van der Waals surface area contributed by atoms with Crippen LogP contribution in [0.15, 0.2) is 5.16 Å². The van der Waals surface area contributed by atoms with Crippen molar-refractivity contribution in [3.63, 3.8) is 0 Å². The molecular weight excluding hydrogens is 490 g/mol. The van der Waals surface area contributed by atoms with Crippen molar-refractivity contribution in [2.45, 2.75) is 13.2 Å².